The molecule has 6 nitrogen and oxygen atoms in total. The van der Waals surface area contributed by atoms with Gasteiger partial charge in [-0.2, -0.15) is 5.10 Å². The van der Waals surface area contributed by atoms with Crippen LogP contribution in [-0.4, -0.2) is 49.4 Å². The second-order valence-corrected chi connectivity index (χ2v) is 7.45. The third kappa shape index (κ3) is 3.31. The SMILES string of the molecule is Cc1ccccc1-n1ncc2c(SCC(=O)N3CCCCC3)ncnc21. The van der Waals surface area contributed by atoms with Crippen LogP contribution >= 0.6 is 11.8 Å². The van der Waals surface area contributed by atoms with Crippen molar-refractivity contribution in [3.05, 3.63) is 42.4 Å². The number of para-hydroxylation sites is 1. The molecule has 0 spiro atoms. The molecule has 26 heavy (non-hydrogen) atoms. The van der Waals surface area contributed by atoms with Crippen molar-refractivity contribution < 1.29 is 4.79 Å². The van der Waals surface area contributed by atoms with E-state index >= 15 is 0 Å². The summed E-state index contributed by atoms with van der Waals surface area (Å²) in [6, 6.07) is 8.07. The van der Waals surface area contributed by atoms with Crippen LogP contribution in [0, 0.1) is 6.92 Å². The van der Waals surface area contributed by atoms with E-state index in [-0.39, 0.29) is 5.91 Å². The molecule has 3 heterocycles. The minimum atomic E-state index is 0.188. The number of fused-ring (bicyclic) bond motifs is 1. The Bertz CT molecular complexity index is 933. The molecule has 1 aromatic carbocycles. The van der Waals surface area contributed by atoms with Crippen molar-refractivity contribution in [1.82, 2.24) is 24.6 Å². The van der Waals surface area contributed by atoms with E-state index in [1.165, 1.54) is 18.2 Å². The van der Waals surface area contributed by atoms with Gasteiger partial charge in [0.05, 0.1) is 23.0 Å². The van der Waals surface area contributed by atoms with Crippen LogP contribution in [0.2, 0.25) is 0 Å². The molecule has 1 aliphatic rings. The predicted octanol–water partition coefficient (Wildman–Crippen LogP) is 3.23. The van der Waals surface area contributed by atoms with E-state index in [9.17, 15) is 4.79 Å². The maximum atomic E-state index is 12.4. The average molecular weight is 367 g/mol. The molecule has 3 aromatic rings. The molecule has 0 atom stereocenters. The fourth-order valence-corrected chi connectivity index (χ4v) is 4.14. The van der Waals surface area contributed by atoms with Gasteiger partial charge in [0.15, 0.2) is 5.65 Å². The Balaban J connectivity index is 1.57. The van der Waals surface area contributed by atoms with E-state index in [2.05, 4.69) is 28.1 Å². The molecule has 1 saturated heterocycles. The molecule has 1 aliphatic heterocycles. The average Bonchev–Trinajstić information content (AvgIpc) is 3.12. The van der Waals surface area contributed by atoms with Gasteiger partial charge in [0.1, 0.15) is 11.4 Å². The van der Waals surface area contributed by atoms with Crippen molar-refractivity contribution in [2.45, 2.75) is 31.2 Å². The van der Waals surface area contributed by atoms with Crippen molar-refractivity contribution in [1.29, 1.82) is 0 Å². The number of aromatic nitrogens is 4. The molecule has 7 heteroatoms. The van der Waals surface area contributed by atoms with Gasteiger partial charge in [-0.05, 0) is 37.8 Å². The number of carbonyl (C=O) groups excluding carboxylic acids is 1. The van der Waals surface area contributed by atoms with Gasteiger partial charge in [-0.25, -0.2) is 14.6 Å². The highest BCUT2D eigenvalue weighted by Gasteiger charge is 2.18. The number of rotatable bonds is 4. The first-order valence-corrected chi connectivity index (χ1v) is 9.88. The summed E-state index contributed by atoms with van der Waals surface area (Å²) in [6.45, 7) is 3.81. The number of hydrogen-bond acceptors (Lipinski definition) is 5. The number of carbonyl (C=O) groups is 1. The Hall–Kier alpha value is -2.41. The van der Waals surface area contributed by atoms with Crippen LogP contribution in [0.15, 0.2) is 41.8 Å². The predicted molar refractivity (Wildman–Crippen MR) is 103 cm³/mol. The van der Waals surface area contributed by atoms with Crippen LogP contribution in [-0.2, 0) is 4.79 Å². The summed E-state index contributed by atoms with van der Waals surface area (Å²) >= 11 is 1.47. The molecule has 2 aromatic heterocycles. The number of thioether (sulfide) groups is 1. The molecule has 1 amide bonds. The first-order chi connectivity index (χ1) is 12.7. The summed E-state index contributed by atoms with van der Waals surface area (Å²) in [6.07, 6.45) is 6.78. The van der Waals surface area contributed by atoms with Crippen LogP contribution in [0.3, 0.4) is 0 Å². The summed E-state index contributed by atoms with van der Waals surface area (Å²) in [7, 11) is 0. The molecule has 0 aliphatic carbocycles. The fourth-order valence-electron chi connectivity index (χ4n) is 3.28. The minimum Gasteiger partial charge on any atom is -0.342 e. The lowest BCUT2D eigenvalue weighted by Crippen LogP contribution is -2.36. The number of nitrogens with zero attached hydrogens (tertiary/aromatic N) is 5. The first-order valence-electron chi connectivity index (χ1n) is 8.89. The summed E-state index contributed by atoms with van der Waals surface area (Å²) < 4.78 is 1.84. The molecule has 0 saturated carbocycles. The van der Waals surface area contributed by atoms with Gasteiger partial charge >= 0.3 is 0 Å². The molecular formula is C19H21N5OS. The Morgan fingerprint density at radius 3 is 2.77 bits per heavy atom. The maximum Gasteiger partial charge on any atom is 0.232 e. The highest BCUT2D eigenvalue weighted by molar-refractivity contribution is 8.00. The van der Waals surface area contributed by atoms with E-state index in [1.807, 2.05) is 27.8 Å². The van der Waals surface area contributed by atoms with Gasteiger partial charge < -0.3 is 4.90 Å². The van der Waals surface area contributed by atoms with E-state index < -0.39 is 0 Å². The zero-order valence-corrected chi connectivity index (χ0v) is 15.6. The zero-order chi connectivity index (χ0) is 17.9. The van der Waals surface area contributed by atoms with E-state index in [4.69, 9.17) is 0 Å². The summed E-state index contributed by atoms with van der Waals surface area (Å²) in [4.78, 5) is 23.2. The van der Waals surface area contributed by atoms with Crippen LogP contribution in [0.5, 0.6) is 0 Å². The van der Waals surface area contributed by atoms with Crippen LogP contribution in [0.25, 0.3) is 16.7 Å². The monoisotopic (exact) mass is 367 g/mol. The van der Waals surface area contributed by atoms with Gasteiger partial charge in [0.25, 0.3) is 0 Å². The van der Waals surface area contributed by atoms with Gasteiger partial charge in [0, 0.05) is 13.1 Å². The lowest BCUT2D eigenvalue weighted by molar-refractivity contribution is -0.129. The molecule has 1 fully saturated rings. The first kappa shape index (κ1) is 17.0. The fraction of sp³-hybridized carbons (Fsp3) is 0.368. The van der Waals surface area contributed by atoms with Gasteiger partial charge in [-0.3, -0.25) is 4.79 Å². The van der Waals surface area contributed by atoms with Crippen LogP contribution in [0.4, 0.5) is 0 Å². The van der Waals surface area contributed by atoms with Crippen molar-refractivity contribution in [2.24, 2.45) is 0 Å². The van der Waals surface area contributed by atoms with E-state index in [1.54, 1.807) is 12.5 Å². The van der Waals surface area contributed by atoms with Gasteiger partial charge in [-0.1, -0.05) is 30.0 Å². The van der Waals surface area contributed by atoms with E-state index in [0.29, 0.717) is 5.75 Å². The molecule has 0 unspecified atom stereocenters. The summed E-state index contributed by atoms with van der Waals surface area (Å²) in [5.74, 6) is 0.592. The third-order valence-corrected chi connectivity index (χ3v) is 5.70. The van der Waals surface area contributed by atoms with Crippen molar-refractivity contribution >= 4 is 28.7 Å². The van der Waals surface area contributed by atoms with Crippen molar-refractivity contribution in [2.75, 3.05) is 18.8 Å². The molecule has 4 rings (SSSR count). The number of likely N-dealkylation sites (tertiary alicyclic amines) is 1. The van der Waals surface area contributed by atoms with Crippen molar-refractivity contribution in [3.8, 4) is 5.69 Å². The lowest BCUT2D eigenvalue weighted by atomic mass is 10.1. The largest absolute Gasteiger partial charge is 0.342 e. The zero-order valence-electron chi connectivity index (χ0n) is 14.8. The van der Waals surface area contributed by atoms with Gasteiger partial charge in [0.2, 0.25) is 5.91 Å². The highest BCUT2D eigenvalue weighted by Crippen LogP contribution is 2.27. The minimum absolute atomic E-state index is 0.188. The smallest absolute Gasteiger partial charge is 0.232 e. The standard InChI is InChI=1S/C19H21N5OS/c1-14-7-3-4-8-16(14)24-18-15(11-22-24)19(21-13-20-18)26-12-17(25)23-9-5-2-6-10-23/h3-4,7-8,11,13H,2,5-6,9-10,12H2,1H3. The second-order valence-electron chi connectivity index (χ2n) is 6.49. The Kier molecular flexibility index (Phi) is 4.88. The Labute approximate surface area is 156 Å². The number of piperidine rings is 1. The Morgan fingerprint density at radius 1 is 1.15 bits per heavy atom. The number of aryl methyl sites for hydroxylation is 1. The highest BCUT2D eigenvalue weighted by atomic mass is 32.2. The normalized spacial score (nSPS) is 14.7. The number of amides is 1. The number of benzene rings is 1. The van der Waals surface area contributed by atoms with Crippen LogP contribution < -0.4 is 0 Å². The molecule has 0 N–H and O–H groups in total. The molecule has 0 bridgehead atoms. The number of hydrogen-bond donors (Lipinski definition) is 0. The lowest BCUT2D eigenvalue weighted by Gasteiger charge is -2.26. The quantitative estimate of drug-likeness (QED) is 0.523. The van der Waals surface area contributed by atoms with Crippen molar-refractivity contribution in [3.63, 3.8) is 0 Å². The van der Waals surface area contributed by atoms with E-state index in [0.717, 1.165) is 53.2 Å². The summed E-state index contributed by atoms with van der Waals surface area (Å²) in [5, 5.41) is 6.20. The summed E-state index contributed by atoms with van der Waals surface area (Å²) in [5.41, 5.74) is 2.90. The third-order valence-electron chi connectivity index (χ3n) is 4.71. The maximum absolute atomic E-state index is 12.4. The topological polar surface area (TPSA) is 63.9 Å². The molecular weight excluding hydrogens is 346 g/mol. The second kappa shape index (κ2) is 7.45. The molecule has 0 radical (unpaired) electrons. The van der Waals surface area contributed by atoms with Gasteiger partial charge in [-0.15, -0.1) is 0 Å². The van der Waals surface area contributed by atoms with Crippen LogP contribution in [0.1, 0.15) is 24.8 Å². The molecule has 134 valence electrons. The Morgan fingerprint density at radius 2 is 1.96 bits per heavy atom.